The first kappa shape index (κ1) is 15.2. The summed E-state index contributed by atoms with van der Waals surface area (Å²) in [5, 5.41) is 13.4. The molecule has 2 aliphatic rings. The lowest BCUT2D eigenvalue weighted by molar-refractivity contribution is 0.110. The van der Waals surface area contributed by atoms with Crippen molar-refractivity contribution in [1.29, 1.82) is 0 Å². The van der Waals surface area contributed by atoms with Gasteiger partial charge in [-0.3, -0.25) is 0 Å². The Balaban J connectivity index is 1.83. The molecule has 0 bridgehead atoms. The van der Waals surface area contributed by atoms with Gasteiger partial charge in [-0.2, -0.15) is 0 Å². The van der Waals surface area contributed by atoms with Crippen molar-refractivity contribution in [3.05, 3.63) is 0 Å². The summed E-state index contributed by atoms with van der Waals surface area (Å²) < 4.78 is 5.50. The molecule has 4 heteroatoms. The maximum Gasteiger partial charge on any atom is 0.0616 e. The number of rotatable bonds is 6. The minimum absolute atomic E-state index is 0.00288. The minimum Gasteiger partial charge on any atom is -0.394 e. The zero-order chi connectivity index (χ0) is 13.6. The second kappa shape index (κ2) is 7.58. The van der Waals surface area contributed by atoms with E-state index in [1.807, 2.05) is 0 Å². The number of hydrogen-bond donors (Lipinski definition) is 2. The highest BCUT2D eigenvalue weighted by molar-refractivity contribution is 4.98. The Bertz CT molecular complexity index is 255. The van der Waals surface area contributed by atoms with Gasteiger partial charge in [-0.05, 0) is 44.7 Å². The van der Waals surface area contributed by atoms with E-state index >= 15 is 0 Å². The summed E-state index contributed by atoms with van der Waals surface area (Å²) in [5.41, 5.74) is -0.00288. The fourth-order valence-corrected chi connectivity index (χ4v) is 3.77. The van der Waals surface area contributed by atoms with Crippen LogP contribution >= 0.6 is 0 Å². The lowest BCUT2D eigenvalue weighted by Crippen LogP contribution is -2.52. The third kappa shape index (κ3) is 3.91. The summed E-state index contributed by atoms with van der Waals surface area (Å²) in [6, 6.07) is 0. The number of hydrogen-bond acceptors (Lipinski definition) is 4. The molecule has 2 N–H and O–H groups in total. The summed E-state index contributed by atoms with van der Waals surface area (Å²) >= 11 is 0. The molecule has 0 aromatic carbocycles. The molecule has 0 amide bonds. The van der Waals surface area contributed by atoms with Crippen molar-refractivity contribution in [2.45, 2.75) is 44.6 Å². The van der Waals surface area contributed by atoms with Crippen molar-refractivity contribution >= 4 is 0 Å². The first-order valence-corrected chi connectivity index (χ1v) is 7.97. The number of likely N-dealkylation sites (N-methyl/N-ethyl adjacent to an activating group) is 1. The van der Waals surface area contributed by atoms with E-state index in [9.17, 15) is 5.11 Å². The lowest BCUT2D eigenvalue weighted by atomic mass is 9.85. The third-order valence-electron chi connectivity index (χ3n) is 4.88. The van der Waals surface area contributed by atoms with Crippen LogP contribution < -0.4 is 5.32 Å². The largest absolute Gasteiger partial charge is 0.394 e. The van der Waals surface area contributed by atoms with Crippen LogP contribution in [0.15, 0.2) is 0 Å². The van der Waals surface area contributed by atoms with E-state index in [0.29, 0.717) is 5.92 Å². The van der Waals surface area contributed by atoms with Crippen LogP contribution in [0.3, 0.4) is 0 Å². The SMILES string of the molecule is CCNC1(CO)CCCC1CCN1CCCOCC1. The fourth-order valence-electron chi connectivity index (χ4n) is 3.77. The minimum atomic E-state index is -0.00288. The number of nitrogens with zero attached hydrogens (tertiary/aromatic N) is 1. The Morgan fingerprint density at radius 1 is 1.32 bits per heavy atom. The van der Waals surface area contributed by atoms with Crippen LogP contribution in [-0.4, -0.2) is 61.5 Å². The van der Waals surface area contributed by atoms with E-state index in [4.69, 9.17) is 4.74 Å². The molecular formula is C15H30N2O2. The van der Waals surface area contributed by atoms with E-state index in [1.165, 1.54) is 25.8 Å². The van der Waals surface area contributed by atoms with Crippen molar-refractivity contribution in [2.75, 3.05) is 46.0 Å². The Kier molecular flexibility index (Phi) is 6.07. The maximum absolute atomic E-state index is 9.80. The maximum atomic E-state index is 9.80. The normalized spacial score (nSPS) is 33.5. The van der Waals surface area contributed by atoms with E-state index < -0.39 is 0 Å². The summed E-state index contributed by atoms with van der Waals surface area (Å²) in [5.74, 6) is 0.627. The molecule has 2 atom stereocenters. The van der Waals surface area contributed by atoms with Gasteiger partial charge in [0.15, 0.2) is 0 Å². The van der Waals surface area contributed by atoms with Gasteiger partial charge in [-0.1, -0.05) is 13.3 Å². The Morgan fingerprint density at radius 3 is 3.00 bits per heavy atom. The molecule has 4 nitrogen and oxygen atoms in total. The van der Waals surface area contributed by atoms with Crippen LogP contribution in [0.4, 0.5) is 0 Å². The molecule has 2 fully saturated rings. The van der Waals surface area contributed by atoms with Gasteiger partial charge in [0.25, 0.3) is 0 Å². The molecule has 2 rings (SSSR count). The molecule has 0 spiro atoms. The van der Waals surface area contributed by atoms with Gasteiger partial charge < -0.3 is 20.1 Å². The standard InChI is InChI=1S/C15H30N2O2/c1-2-16-15(13-18)7-3-5-14(15)6-9-17-8-4-11-19-12-10-17/h14,16,18H,2-13H2,1H3. The van der Waals surface area contributed by atoms with E-state index in [1.54, 1.807) is 0 Å². The van der Waals surface area contributed by atoms with Gasteiger partial charge in [0.05, 0.1) is 13.2 Å². The highest BCUT2D eigenvalue weighted by Gasteiger charge is 2.41. The van der Waals surface area contributed by atoms with Crippen molar-refractivity contribution in [3.8, 4) is 0 Å². The fraction of sp³-hybridized carbons (Fsp3) is 1.00. The van der Waals surface area contributed by atoms with Gasteiger partial charge in [-0.25, -0.2) is 0 Å². The van der Waals surface area contributed by atoms with E-state index in [0.717, 1.165) is 45.7 Å². The van der Waals surface area contributed by atoms with Crippen molar-refractivity contribution in [1.82, 2.24) is 10.2 Å². The van der Waals surface area contributed by atoms with Crippen LogP contribution in [0.25, 0.3) is 0 Å². The van der Waals surface area contributed by atoms with E-state index in [2.05, 4.69) is 17.1 Å². The van der Waals surface area contributed by atoms with Crippen molar-refractivity contribution in [3.63, 3.8) is 0 Å². The first-order chi connectivity index (χ1) is 9.30. The number of aliphatic hydroxyl groups is 1. The number of nitrogens with one attached hydrogen (secondary N) is 1. The highest BCUT2D eigenvalue weighted by Crippen LogP contribution is 2.37. The lowest BCUT2D eigenvalue weighted by Gasteiger charge is -2.36. The predicted molar refractivity (Wildman–Crippen MR) is 77.3 cm³/mol. The molecular weight excluding hydrogens is 240 g/mol. The molecule has 1 aliphatic heterocycles. The molecule has 1 saturated heterocycles. The highest BCUT2D eigenvalue weighted by atomic mass is 16.5. The van der Waals surface area contributed by atoms with Crippen LogP contribution in [-0.2, 0) is 4.74 Å². The smallest absolute Gasteiger partial charge is 0.0616 e. The Morgan fingerprint density at radius 2 is 2.21 bits per heavy atom. The van der Waals surface area contributed by atoms with Crippen molar-refractivity contribution in [2.24, 2.45) is 5.92 Å². The van der Waals surface area contributed by atoms with E-state index in [-0.39, 0.29) is 12.1 Å². The van der Waals surface area contributed by atoms with Gasteiger partial charge in [0, 0.05) is 25.2 Å². The molecule has 1 heterocycles. The first-order valence-electron chi connectivity index (χ1n) is 7.97. The van der Waals surface area contributed by atoms with Crippen LogP contribution in [0, 0.1) is 5.92 Å². The van der Waals surface area contributed by atoms with Crippen LogP contribution in [0.5, 0.6) is 0 Å². The Hall–Kier alpha value is -0.160. The van der Waals surface area contributed by atoms with Gasteiger partial charge in [0.1, 0.15) is 0 Å². The summed E-state index contributed by atoms with van der Waals surface area (Å²) in [4.78, 5) is 2.53. The monoisotopic (exact) mass is 270 g/mol. The van der Waals surface area contributed by atoms with Crippen LogP contribution in [0.1, 0.15) is 39.0 Å². The number of aliphatic hydroxyl groups excluding tert-OH is 1. The molecule has 19 heavy (non-hydrogen) atoms. The summed E-state index contributed by atoms with van der Waals surface area (Å²) in [6.07, 6.45) is 6.00. The molecule has 0 aromatic rings. The molecule has 0 aromatic heterocycles. The second-order valence-corrected chi connectivity index (χ2v) is 6.03. The Labute approximate surface area is 117 Å². The quantitative estimate of drug-likeness (QED) is 0.762. The molecule has 0 radical (unpaired) electrons. The van der Waals surface area contributed by atoms with Crippen LogP contribution in [0.2, 0.25) is 0 Å². The molecule has 1 aliphatic carbocycles. The molecule has 1 saturated carbocycles. The molecule has 2 unspecified atom stereocenters. The van der Waals surface area contributed by atoms with Gasteiger partial charge in [0.2, 0.25) is 0 Å². The average Bonchev–Trinajstić information content (AvgIpc) is 2.65. The second-order valence-electron chi connectivity index (χ2n) is 6.03. The number of ether oxygens (including phenoxy) is 1. The summed E-state index contributed by atoms with van der Waals surface area (Å²) in [6.45, 7) is 8.56. The predicted octanol–water partition coefficient (Wildman–Crippen LogP) is 1.24. The topological polar surface area (TPSA) is 44.7 Å². The zero-order valence-corrected chi connectivity index (χ0v) is 12.4. The van der Waals surface area contributed by atoms with Crippen molar-refractivity contribution < 1.29 is 9.84 Å². The average molecular weight is 270 g/mol. The zero-order valence-electron chi connectivity index (χ0n) is 12.4. The van der Waals surface area contributed by atoms with Gasteiger partial charge >= 0.3 is 0 Å². The molecule has 112 valence electrons. The van der Waals surface area contributed by atoms with Gasteiger partial charge in [-0.15, -0.1) is 0 Å². The summed E-state index contributed by atoms with van der Waals surface area (Å²) in [7, 11) is 0. The third-order valence-corrected chi connectivity index (χ3v) is 4.88.